The summed E-state index contributed by atoms with van der Waals surface area (Å²) in [4.78, 5) is 59.6. The number of aromatic nitrogens is 4. The van der Waals surface area contributed by atoms with Crippen molar-refractivity contribution in [3.63, 3.8) is 0 Å². The quantitative estimate of drug-likeness (QED) is 0.0621. The Balaban J connectivity index is 1.49. The van der Waals surface area contributed by atoms with E-state index in [9.17, 15) is 29.5 Å². The number of aliphatic carboxylic acids is 1. The highest BCUT2D eigenvalue weighted by Crippen LogP contribution is 2.41. The summed E-state index contributed by atoms with van der Waals surface area (Å²) in [6, 6.07) is 0.387. The van der Waals surface area contributed by atoms with Gasteiger partial charge in [-0.25, -0.2) is 9.59 Å². The number of nitrogens with one attached hydrogen (secondary N) is 2. The molecule has 4 heterocycles. The standard InChI is InChI=1S/C17H15N9O6S3/c18-6-3-7(21-17(31)20-6)33-2-1-5-4-34-14-9(13(28)26(14)10(5)15(29)30)22-12(27)8(24-32)11-23-16(19)35-25-11/h1-3,9,14,32H,4H2,(H,22,27)(H,29,30)(H2,19,23,25)(H3,18,20,21,31)/b2-1+,24-8+/t9-,14-/m1/s1. The van der Waals surface area contributed by atoms with Crippen molar-refractivity contribution < 1.29 is 24.7 Å². The molecule has 4 rings (SSSR count). The number of carbonyl (C=O) groups is 3. The van der Waals surface area contributed by atoms with E-state index in [4.69, 9.17) is 11.5 Å². The van der Waals surface area contributed by atoms with Gasteiger partial charge in [0.05, 0.1) is 0 Å². The second-order valence-corrected chi connectivity index (χ2v) is 9.66. The van der Waals surface area contributed by atoms with Crippen molar-refractivity contribution in [3.05, 3.63) is 45.1 Å². The lowest BCUT2D eigenvalue weighted by molar-refractivity contribution is -0.150. The molecule has 2 aliphatic heterocycles. The van der Waals surface area contributed by atoms with Gasteiger partial charge in [-0.1, -0.05) is 16.9 Å². The highest BCUT2D eigenvalue weighted by Gasteiger charge is 2.54. The zero-order chi connectivity index (χ0) is 25.3. The minimum atomic E-state index is -1.32. The maximum atomic E-state index is 12.8. The number of allylic oxidation sites excluding steroid dienone is 1. The highest BCUT2D eigenvalue weighted by molar-refractivity contribution is 8.02. The minimum absolute atomic E-state index is 0.0518. The van der Waals surface area contributed by atoms with Crippen molar-refractivity contribution in [2.45, 2.75) is 16.4 Å². The van der Waals surface area contributed by atoms with E-state index in [0.29, 0.717) is 10.6 Å². The van der Waals surface area contributed by atoms with Crippen LogP contribution in [0.3, 0.4) is 0 Å². The van der Waals surface area contributed by atoms with Crippen LogP contribution in [0.2, 0.25) is 0 Å². The first-order chi connectivity index (χ1) is 16.7. The third-order valence-electron chi connectivity index (χ3n) is 4.66. The molecule has 0 unspecified atom stereocenters. The van der Waals surface area contributed by atoms with Gasteiger partial charge in [0.15, 0.2) is 5.13 Å². The van der Waals surface area contributed by atoms with Crippen molar-refractivity contribution in [2.24, 2.45) is 5.16 Å². The number of aromatic amines is 1. The van der Waals surface area contributed by atoms with E-state index >= 15 is 0 Å². The number of fused-ring (bicyclic) bond motifs is 1. The molecule has 15 nitrogen and oxygen atoms in total. The summed E-state index contributed by atoms with van der Waals surface area (Å²) < 4.78 is 3.79. The molecular weight excluding hydrogens is 522 g/mol. The Morgan fingerprint density at radius 2 is 2.11 bits per heavy atom. The predicted molar refractivity (Wildman–Crippen MR) is 127 cm³/mol. The molecule has 1 fully saturated rings. The summed E-state index contributed by atoms with van der Waals surface area (Å²) in [6.07, 6.45) is 1.50. The molecule has 1 saturated heterocycles. The number of anilines is 2. The van der Waals surface area contributed by atoms with E-state index in [-0.39, 0.29) is 28.2 Å². The number of hydrogen-bond donors (Lipinski definition) is 6. The van der Waals surface area contributed by atoms with Crippen LogP contribution in [-0.4, -0.2) is 75.2 Å². The topological polar surface area (TPSA) is 243 Å². The SMILES string of the molecule is Nc1cc(S/C=C/C2=C(C(=O)O)N3C(=O)[C@@H](NC(=O)/C(=N/O)c4nsc(N)n4)[C@H]3SC2)nc(=O)[nH]1. The lowest BCUT2D eigenvalue weighted by Gasteiger charge is -2.49. The number of nitrogens with zero attached hydrogens (tertiary/aromatic N) is 5. The fraction of sp³-hybridized carbons (Fsp3) is 0.176. The number of hydrogen-bond acceptors (Lipinski definition) is 14. The van der Waals surface area contributed by atoms with Crippen LogP contribution >= 0.6 is 35.1 Å². The summed E-state index contributed by atoms with van der Waals surface area (Å²) >= 11 is 3.07. The zero-order valence-corrected chi connectivity index (χ0v) is 19.7. The second kappa shape index (κ2) is 9.76. The average Bonchev–Trinajstić information content (AvgIpc) is 3.22. The van der Waals surface area contributed by atoms with Gasteiger partial charge in [-0.2, -0.15) is 14.3 Å². The first kappa shape index (κ1) is 24.2. The van der Waals surface area contributed by atoms with E-state index in [1.165, 1.54) is 29.3 Å². The molecule has 0 saturated carbocycles. The van der Waals surface area contributed by atoms with Gasteiger partial charge in [-0.05, 0) is 17.1 Å². The lowest BCUT2D eigenvalue weighted by Crippen LogP contribution is -2.71. The molecule has 8 N–H and O–H groups in total. The molecule has 2 atom stereocenters. The number of carbonyl (C=O) groups excluding carboxylic acids is 2. The number of amides is 2. The molecular formula is C17H15N9O6S3. The monoisotopic (exact) mass is 537 g/mol. The largest absolute Gasteiger partial charge is 0.477 e. The molecule has 2 aromatic heterocycles. The number of H-pyrrole nitrogens is 1. The molecule has 2 aliphatic rings. The van der Waals surface area contributed by atoms with E-state index in [1.807, 2.05) is 0 Å². The van der Waals surface area contributed by atoms with Gasteiger partial charge in [0.25, 0.3) is 11.8 Å². The molecule has 18 heteroatoms. The van der Waals surface area contributed by atoms with Crippen LogP contribution < -0.4 is 22.5 Å². The Bertz CT molecular complexity index is 1370. The Hall–Kier alpha value is -3.90. The van der Waals surface area contributed by atoms with Gasteiger partial charge >= 0.3 is 11.7 Å². The van der Waals surface area contributed by atoms with Crippen LogP contribution in [-0.2, 0) is 14.4 Å². The number of nitrogens with two attached hydrogens (primary N) is 2. The van der Waals surface area contributed by atoms with Gasteiger partial charge in [0.2, 0.25) is 11.5 Å². The molecule has 0 bridgehead atoms. The maximum absolute atomic E-state index is 12.8. The van der Waals surface area contributed by atoms with Crippen molar-refractivity contribution in [1.29, 1.82) is 0 Å². The number of oxime groups is 1. The smallest absolute Gasteiger partial charge is 0.352 e. The highest BCUT2D eigenvalue weighted by atomic mass is 32.2. The van der Waals surface area contributed by atoms with Crippen LogP contribution in [0.1, 0.15) is 5.82 Å². The van der Waals surface area contributed by atoms with Crippen LogP contribution in [0.25, 0.3) is 0 Å². The van der Waals surface area contributed by atoms with Gasteiger partial charge in [0.1, 0.15) is 28.0 Å². The van der Waals surface area contributed by atoms with Crippen LogP contribution in [0.4, 0.5) is 10.9 Å². The summed E-state index contributed by atoms with van der Waals surface area (Å²) in [7, 11) is 0. The second-order valence-electron chi connectivity index (χ2n) is 6.85. The predicted octanol–water partition coefficient (Wildman–Crippen LogP) is -0.991. The molecule has 35 heavy (non-hydrogen) atoms. The van der Waals surface area contributed by atoms with E-state index < -0.39 is 40.6 Å². The number of nitrogen functional groups attached to an aromatic ring is 2. The van der Waals surface area contributed by atoms with E-state index in [0.717, 1.165) is 28.2 Å². The Morgan fingerprint density at radius 3 is 2.74 bits per heavy atom. The van der Waals surface area contributed by atoms with E-state index in [2.05, 4.69) is 29.8 Å². The first-order valence-electron chi connectivity index (χ1n) is 9.43. The lowest BCUT2D eigenvalue weighted by atomic mass is 10.0. The molecule has 2 aromatic rings. The summed E-state index contributed by atoms with van der Waals surface area (Å²) in [5.41, 5.74) is 10.0. The third kappa shape index (κ3) is 4.84. The third-order valence-corrected chi connectivity index (χ3v) is 7.22. The number of carboxylic acids is 1. The van der Waals surface area contributed by atoms with Gasteiger partial charge in [-0.15, -0.1) is 11.8 Å². The molecule has 2 amide bonds. The number of rotatable bonds is 7. The Labute approximate surface area is 207 Å². The molecule has 182 valence electrons. The number of carboxylic acid groups (broad SMARTS) is 1. The number of β-lactam (4-membered cyclic amide) rings is 1. The molecule has 0 radical (unpaired) electrons. The normalized spacial score (nSPS) is 20.1. The zero-order valence-electron chi connectivity index (χ0n) is 17.2. The Morgan fingerprint density at radius 1 is 1.34 bits per heavy atom. The molecule has 0 aliphatic carbocycles. The Kier molecular flexibility index (Phi) is 6.76. The maximum Gasteiger partial charge on any atom is 0.352 e. The molecule has 0 aromatic carbocycles. The summed E-state index contributed by atoms with van der Waals surface area (Å²) in [6.45, 7) is 0. The van der Waals surface area contributed by atoms with Crippen molar-refractivity contribution in [3.8, 4) is 0 Å². The summed E-state index contributed by atoms with van der Waals surface area (Å²) in [5, 5.41) is 25.4. The van der Waals surface area contributed by atoms with Gasteiger partial charge < -0.3 is 27.1 Å². The van der Waals surface area contributed by atoms with Crippen molar-refractivity contribution in [2.75, 3.05) is 17.2 Å². The molecule has 0 spiro atoms. The number of thioether (sulfide) groups is 2. The summed E-state index contributed by atoms with van der Waals surface area (Å²) in [5.74, 6) is -2.76. The average molecular weight is 538 g/mol. The van der Waals surface area contributed by atoms with Crippen LogP contribution in [0.5, 0.6) is 0 Å². The van der Waals surface area contributed by atoms with Crippen LogP contribution in [0, 0.1) is 0 Å². The van der Waals surface area contributed by atoms with Crippen LogP contribution in [0.15, 0.2) is 43.8 Å². The van der Waals surface area contributed by atoms with E-state index in [1.54, 1.807) is 0 Å². The first-order valence-corrected chi connectivity index (χ1v) is 12.1. The van der Waals surface area contributed by atoms with Crippen molar-refractivity contribution in [1.82, 2.24) is 29.5 Å². The van der Waals surface area contributed by atoms with Gasteiger partial charge in [-0.3, -0.25) is 19.5 Å². The van der Waals surface area contributed by atoms with Gasteiger partial charge in [0, 0.05) is 23.4 Å². The fourth-order valence-corrected chi connectivity index (χ4v) is 5.66. The minimum Gasteiger partial charge on any atom is -0.477 e. The van der Waals surface area contributed by atoms with Crippen molar-refractivity contribution >= 4 is 69.5 Å². The fourth-order valence-electron chi connectivity index (χ4n) is 3.20.